The van der Waals surface area contributed by atoms with E-state index in [1.54, 1.807) is 24.3 Å². The molecule has 3 heterocycles. The number of anilines is 1. The van der Waals surface area contributed by atoms with Gasteiger partial charge in [-0.2, -0.15) is 0 Å². The summed E-state index contributed by atoms with van der Waals surface area (Å²) in [4.78, 5) is 14.3. The largest absolute Gasteiger partial charge is 0.360 e. The van der Waals surface area contributed by atoms with Crippen LogP contribution in [0.5, 0.6) is 0 Å². The molecule has 24 heavy (non-hydrogen) atoms. The van der Waals surface area contributed by atoms with Gasteiger partial charge in [0.2, 0.25) is 5.91 Å². The van der Waals surface area contributed by atoms with Crippen molar-refractivity contribution in [2.75, 3.05) is 25.0 Å². The number of nitrogens with one attached hydrogen (secondary N) is 1. The summed E-state index contributed by atoms with van der Waals surface area (Å²) in [6.07, 6.45) is 4.62. The van der Waals surface area contributed by atoms with Crippen molar-refractivity contribution >= 4 is 23.1 Å². The Bertz CT molecular complexity index is 716. The number of amides is 1. The first-order valence-corrected chi connectivity index (χ1v) is 9.28. The number of rotatable bonds is 5. The lowest BCUT2D eigenvalue weighted by Crippen LogP contribution is -2.38. The third-order valence-electron chi connectivity index (χ3n) is 4.58. The van der Waals surface area contributed by atoms with Crippen molar-refractivity contribution in [3.8, 4) is 0 Å². The molecule has 2 aromatic rings. The lowest BCUT2D eigenvalue weighted by molar-refractivity contribution is -0.117. The van der Waals surface area contributed by atoms with E-state index in [9.17, 15) is 4.79 Å². The van der Waals surface area contributed by atoms with Crippen LogP contribution in [0.4, 0.5) is 5.82 Å². The van der Waals surface area contributed by atoms with Gasteiger partial charge in [0.25, 0.3) is 0 Å². The van der Waals surface area contributed by atoms with E-state index in [0.29, 0.717) is 30.0 Å². The van der Waals surface area contributed by atoms with E-state index in [1.165, 1.54) is 22.9 Å². The number of piperidine rings is 1. The maximum Gasteiger partial charge on any atom is 0.239 e. The van der Waals surface area contributed by atoms with Crippen molar-refractivity contribution in [3.05, 3.63) is 21.8 Å². The molecule has 2 aromatic heterocycles. The highest BCUT2D eigenvalue weighted by Crippen LogP contribution is 2.43. The van der Waals surface area contributed by atoms with Crippen LogP contribution in [-0.2, 0) is 4.79 Å². The quantitative estimate of drug-likeness (QED) is 0.895. The molecule has 4 rings (SSSR count). The molecule has 1 saturated carbocycles. The lowest BCUT2D eigenvalue weighted by Gasteiger charge is -2.30. The molecular formula is C16H21N5O2S. The van der Waals surface area contributed by atoms with Crippen LogP contribution in [0.3, 0.4) is 0 Å². The molecule has 8 heteroatoms. The number of carbonyl (C=O) groups excluding carboxylic acids is 1. The summed E-state index contributed by atoms with van der Waals surface area (Å²) in [5, 5.41) is 17.7. The summed E-state index contributed by atoms with van der Waals surface area (Å²) in [7, 11) is 0. The van der Waals surface area contributed by atoms with Gasteiger partial charge in [0.05, 0.1) is 6.54 Å². The van der Waals surface area contributed by atoms with Crippen molar-refractivity contribution in [2.45, 2.75) is 44.4 Å². The summed E-state index contributed by atoms with van der Waals surface area (Å²) in [5.41, 5.74) is 0. The van der Waals surface area contributed by atoms with Gasteiger partial charge in [-0.3, -0.25) is 9.69 Å². The van der Waals surface area contributed by atoms with E-state index in [1.807, 2.05) is 0 Å². The minimum atomic E-state index is -0.0475. The second-order valence-corrected chi connectivity index (χ2v) is 7.71. The monoisotopic (exact) mass is 347 g/mol. The van der Waals surface area contributed by atoms with Gasteiger partial charge in [-0.25, -0.2) is 0 Å². The number of carbonyl (C=O) groups is 1. The first kappa shape index (κ1) is 15.7. The number of hydrogen-bond donors (Lipinski definition) is 1. The topological polar surface area (TPSA) is 84.2 Å². The molecule has 1 saturated heterocycles. The summed E-state index contributed by atoms with van der Waals surface area (Å²) in [6, 6.07) is 1.72. The van der Waals surface area contributed by atoms with Gasteiger partial charge < -0.3 is 9.84 Å². The average Bonchev–Trinajstić information content (AvgIpc) is 3.16. The van der Waals surface area contributed by atoms with Gasteiger partial charge >= 0.3 is 0 Å². The lowest BCUT2D eigenvalue weighted by atomic mass is 9.98. The minimum Gasteiger partial charge on any atom is -0.360 e. The molecule has 0 atom stereocenters. The Kier molecular flexibility index (Phi) is 4.32. The molecule has 1 N–H and O–H groups in total. The van der Waals surface area contributed by atoms with Gasteiger partial charge in [0.1, 0.15) is 15.8 Å². The Labute approximate surface area is 144 Å². The predicted molar refractivity (Wildman–Crippen MR) is 90.2 cm³/mol. The van der Waals surface area contributed by atoms with E-state index < -0.39 is 0 Å². The summed E-state index contributed by atoms with van der Waals surface area (Å²) >= 11 is 1.79. The highest BCUT2D eigenvalue weighted by Gasteiger charge is 2.30. The molecule has 1 aliphatic heterocycles. The predicted octanol–water partition coefficient (Wildman–Crippen LogP) is 2.53. The van der Waals surface area contributed by atoms with Crippen LogP contribution in [0.15, 0.2) is 10.6 Å². The van der Waals surface area contributed by atoms with Crippen LogP contribution in [0.2, 0.25) is 0 Å². The normalized spacial score (nSPS) is 19.5. The van der Waals surface area contributed by atoms with Crippen LogP contribution < -0.4 is 5.32 Å². The Morgan fingerprint density at radius 2 is 1.92 bits per heavy atom. The zero-order valence-electron chi connectivity index (χ0n) is 13.7. The van der Waals surface area contributed by atoms with Crippen molar-refractivity contribution in [1.29, 1.82) is 0 Å². The van der Waals surface area contributed by atoms with Gasteiger partial charge in [-0.05, 0) is 45.7 Å². The van der Waals surface area contributed by atoms with Gasteiger partial charge in [-0.1, -0.05) is 5.16 Å². The van der Waals surface area contributed by atoms with E-state index in [2.05, 4.69) is 25.6 Å². The smallest absolute Gasteiger partial charge is 0.239 e. The van der Waals surface area contributed by atoms with E-state index in [4.69, 9.17) is 4.52 Å². The number of likely N-dealkylation sites (tertiary alicyclic amines) is 1. The summed E-state index contributed by atoms with van der Waals surface area (Å²) < 4.78 is 4.95. The highest BCUT2D eigenvalue weighted by atomic mass is 32.1. The van der Waals surface area contributed by atoms with Crippen LogP contribution in [0.25, 0.3) is 0 Å². The summed E-state index contributed by atoms with van der Waals surface area (Å²) in [6.45, 7) is 4.01. The molecule has 7 nitrogen and oxygen atoms in total. The van der Waals surface area contributed by atoms with Gasteiger partial charge in [0, 0.05) is 17.9 Å². The third kappa shape index (κ3) is 3.64. The van der Waals surface area contributed by atoms with Gasteiger partial charge in [-0.15, -0.1) is 21.5 Å². The standard InChI is InChI=1S/C16H21N5O2S/c1-10-8-13(20-23-10)17-14(22)9-21-6-4-12(5-7-21)16-19-18-15(24-16)11-2-3-11/h8,11-12H,2-7,9H2,1H3,(H,17,20,22). The van der Waals surface area contributed by atoms with Crippen LogP contribution in [-0.4, -0.2) is 45.8 Å². The molecule has 0 radical (unpaired) electrons. The SMILES string of the molecule is Cc1cc(NC(=O)CN2CCC(c3nnc(C4CC4)s3)CC2)no1. The number of hydrogen-bond acceptors (Lipinski definition) is 7. The van der Waals surface area contributed by atoms with Crippen molar-refractivity contribution in [3.63, 3.8) is 0 Å². The van der Waals surface area contributed by atoms with Crippen molar-refractivity contribution in [1.82, 2.24) is 20.3 Å². The van der Waals surface area contributed by atoms with E-state index in [0.717, 1.165) is 25.9 Å². The first-order valence-electron chi connectivity index (χ1n) is 8.46. The molecule has 0 unspecified atom stereocenters. The highest BCUT2D eigenvalue weighted by molar-refractivity contribution is 7.11. The Balaban J connectivity index is 1.25. The molecular weight excluding hydrogens is 326 g/mol. The van der Waals surface area contributed by atoms with Crippen molar-refractivity contribution < 1.29 is 9.32 Å². The van der Waals surface area contributed by atoms with E-state index in [-0.39, 0.29) is 5.91 Å². The molecule has 2 fully saturated rings. The average molecular weight is 347 g/mol. The van der Waals surface area contributed by atoms with Crippen LogP contribution >= 0.6 is 11.3 Å². The van der Waals surface area contributed by atoms with Gasteiger partial charge in [0.15, 0.2) is 5.82 Å². The number of nitrogens with zero attached hydrogens (tertiary/aromatic N) is 4. The molecule has 1 aliphatic carbocycles. The maximum absolute atomic E-state index is 12.1. The molecule has 0 spiro atoms. The zero-order chi connectivity index (χ0) is 16.5. The Morgan fingerprint density at radius 3 is 2.50 bits per heavy atom. The Hall–Kier alpha value is -1.80. The minimum absolute atomic E-state index is 0.0475. The molecule has 0 aromatic carbocycles. The number of aromatic nitrogens is 3. The third-order valence-corrected chi connectivity index (χ3v) is 5.83. The van der Waals surface area contributed by atoms with E-state index >= 15 is 0 Å². The van der Waals surface area contributed by atoms with Crippen molar-refractivity contribution in [2.24, 2.45) is 0 Å². The summed E-state index contributed by atoms with van der Waals surface area (Å²) in [5.74, 6) is 2.30. The molecule has 2 aliphatic rings. The number of aryl methyl sites for hydroxylation is 1. The second kappa shape index (κ2) is 6.60. The zero-order valence-corrected chi connectivity index (χ0v) is 14.5. The fourth-order valence-electron chi connectivity index (χ4n) is 3.06. The molecule has 128 valence electrons. The molecule has 1 amide bonds. The second-order valence-electron chi connectivity index (χ2n) is 6.67. The fourth-order valence-corrected chi connectivity index (χ4v) is 4.24. The molecule has 0 bridgehead atoms. The van der Waals surface area contributed by atoms with Crippen LogP contribution in [0, 0.1) is 6.92 Å². The maximum atomic E-state index is 12.1. The first-order chi connectivity index (χ1) is 11.7. The van der Waals surface area contributed by atoms with Crippen LogP contribution in [0.1, 0.15) is 53.3 Å². The Morgan fingerprint density at radius 1 is 1.25 bits per heavy atom. The fraction of sp³-hybridized carbons (Fsp3) is 0.625.